The van der Waals surface area contributed by atoms with E-state index in [0.717, 1.165) is 32.2 Å². The predicted molar refractivity (Wildman–Crippen MR) is 133 cm³/mol. The molecule has 1 atom stereocenters. The maximum Gasteiger partial charge on any atom is 0.257 e. The van der Waals surface area contributed by atoms with Crippen molar-refractivity contribution in [1.82, 2.24) is 10.2 Å². The highest BCUT2D eigenvalue weighted by Crippen LogP contribution is 2.34. The molecule has 2 heterocycles. The van der Waals surface area contributed by atoms with Gasteiger partial charge in [0.15, 0.2) is 11.5 Å². The minimum Gasteiger partial charge on any atom is -0.454 e. The first kappa shape index (κ1) is 24.5. The van der Waals surface area contributed by atoms with Crippen LogP contribution in [0.25, 0.3) is 0 Å². The number of piperidine rings is 1. The fraction of sp³-hybridized carbons (Fsp3) is 0.423. The molecule has 1 unspecified atom stereocenters. The van der Waals surface area contributed by atoms with Crippen LogP contribution in [0, 0.1) is 5.92 Å². The molecular weight excluding hydrogens is 448 g/mol. The van der Waals surface area contributed by atoms with Crippen LogP contribution >= 0.6 is 0 Å². The van der Waals surface area contributed by atoms with Gasteiger partial charge in [0.2, 0.25) is 18.6 Å². The molecule has 2 aromatic carbocycles. The zero-order valence-corrected chi connectivity index (χ0v) is 20.0. The number of nitrogens with zero attached hydrogens (tertiary/aromatic N) is 1. The van der Waals surface area contributed by atoms with E-state index in [4.69, 9.17) is 9.47 Å². The van der Waals surface area contributed by atoms with Gasteiger partial charge in [-0.25, -0.2) is 0 Å². The van der Waals surface area contributed by atoms with Gasteiger partial charge in [-0.15, -0.1) is 0 Å². The van der Waals surface area contributed by atoms with Gasteiger partial charge < -0.3 is 25.4 Å². The maximum absolute atomic E-state index is 12.9. The van der Waals surface area contributed by atoms with Gasteiger partial charge in [0, 0.05) is 24.8 Å². The summed E-state index contributed by atoms with van der Waals surface area (Å²) in [5, 5.41) is 8.70. The van der Waals surface area contributed by atoms with Crippen molar-refractivity contribution >= 4 is 29.1 Å². The topological polar surface area (TPSA) is 109 Å². The number of para-hydroxylation sites is 1. The number of nitrogens with one attached hydrogen (secondary N) is 3. The van der Waals surface area contributed by atoms with Crippen molar-refractivity contribution in [3.05, 3.63) is 48.0 Å². The lowest BCUT2D eigenvalue weighted by atomic mass is 9.97. The third-order valence-corrected chi connectivity index (χ3v) is 6.15. The molecule has 0 saturated carbocycles. The van der Waals surface area contributed by atoms with Crippen molar-refractivity contribution in [3.8, 4) is 11.5 Å². The number of carbonyl (C=O) groups is 3. The Morgan fingerprint density at radius 1 is 1.06 bits per heavy atom. The van der Waals surface area contributed by atoms with E-state index in [1.165, 1.54) is 0 Å². The summed E-state index contributed by atoms with van der Waals surface area (Å²) < 4.78 is 10.7. The summed E-state index contributed by atoms with van der Waals surface area (Å²) in [5.41, 5.74) is 1.35. The summed E-state index contributed by atoms with van der Waals surface area (Å²) in [4.78, 5) is 40.2. The summed E-state index contributed by atoms with van der Waals surface area (Å²) in [6.45, 7) is 4.42. The number of ether oxygens (including phenoxy) is 2. The van der Waals surface area contributed by atoms with Crippen LogP contribution in [-0.2, 0) is 9.59 Å². The van der Waals surface area contributed by atoms with Gasteiger partial charge in [0.25, 0.3) is 5.91 Å². The molecule has 0 aliphatic carbocycles. The lowest BCUT2D eigenvalue weighted by Crippen LogP contribution is -2.45. The average Bonchev–Trinajstić information content (AvgIpc) is 3.32. The molecule has 2 aromatic rings. The molecule has 0 radical (unpaired) electrons. The van der Waals surface area contributed by atoms with Gasteiger partial charge in [0.05, 0.1) is 23.7 Å². The Morgan fingerprint density at radius 2 is 1.89 bits per heavy atom. The van der Waals surface area contributed by atoms with Crippen molar-refractivity contribution < 1.29 is 23.9 Å². The van der Waals surface area contributed by atoms with Gasteiger partial charge in [-0.05, 0) is 50.1 Å². The molecule has 9 heteroatoms. The van der Waals surface area contributed by atoms with Gasteiger partial charge in [0.1, 0.15) is 0 Å². The van der Waals surface area contributed by atoms with Crippen molar-refractivity contribution in [2.45, 2.75) is 32.6 Å². The second-order valence-corrected chi connectivity index (χ2v) is 8.83. The number of anilines is 2. The second kappa shape index (κ2) is 11.7. The number of rotatable bonds is 9. The Balaban J connectivity index is 1.33. The van der Waals surface area contributed by atoms with E-state index in [1.54, 1.807) is 42.5 Å². The first-order chi connectivity index (χ1) is 17.0. The van der Waals surface area contributed by atoms with Crippen LogP contribution in [0.3, 0.4) is 0 Å². The van der Waals surface area contributed by atoms with Crippen molar-refractivity contribution in [1.29, 1.82) is 0 Å². The largest absolute Gasteiger partial charge is 0.454 e. The summed E-state index contributed by atoms with van der Waals surface area (Å²) in [7, 11) is 0. The summed E-state index contributed by atoms with van der Waals surface area (Å²) in [6.07, 6.45) is 3.70. The van der Waals surface area contributed by atoms with Crippen LogP contribution in [0.1, 0.15) is 43.0 Å². The van der Waals surface area contributed by atoms with Crippen molar-refractivity contribution in [2.75, 3.05) is 43.6 Å². The molecule has 0 bridgehead atoms. The summed E-state index contributed by atoms with van der Waals surface area (Å²) in [6, 6.07) is 12.1. The van der Waals surface area contributed by atoms with Crippen LogP contribution in [0.2, 0.25) is 0 Å². The third-order valence-electron chi connectivity index (χ3n) is 6.15. The standard InChI is InChI=1S/C26H32N4O5/c1-2-3-12-27-25(32)18-7-6-13-30(15-18)16-24(31)29-21-9-5-4-8-20(21)26(33)28-19-10-11-22-23(14-19)35-17-34-22/h4-5,8-11,14,18H,2-3,6-7,12-13,15-17H2,1H3,(H,27,32)(H,28,33)(H,29,31). The van der Waals surface area contributed by atoms with Crippen LogP contribution in [0.5, 0.6) is 11.5 Å². The Kier molecular flexibility index (Phi) is 8.20. The number of benzene rings is 2. The molecule has 9 nitrogen and oxygen atoms in total. The number of fused-ring (bicyclic) bond motifs is 1. The molecule has 4 rings (SSSR count). The molecular formula is C26H32N4O5. The van der Waals surface area contributed by atoms with E-state index in [1.807, 2.05) is 4.90 Å². The highest BCUT2D eigenvalue weighted by Gasteiger charge is 2.27. The molecule has 3 amide bonds. The molecule has 0 aromatic heterocycles. The molecule has 35 heavy (non-hydrogen) atoms. The van der Waals surface area contributed by atoms with Gasteiger partial charge in [-0.3, -0.25) is 19.3 Å². The first-order valence-electron chi connectivity index (χ1n) is 12.1. The van der Waals surface area contributed by atoms with E-state index in [-0.39, 0.29) is 37.0 Å². The zero-order valence-electron chi connectivity index (χ0n) is 20.0. The number of hydrogen-bond acceptors (Lipinski definition) is 6. The fourth-order valence-corrected chi connectivity index (χ4v) is 4.30. The average molecular weight is 481 g/mol. The molecule has 1 fully saturated rings. The highest BCUT2D eigenvalue weighted by molar-refractivity contribution is 6.10. The van der Waals surface area contributed by atoms with Crippen LogP contribution < -0.4 is 25.4 Å². The Morgan fingerprint density at radius 3 is 2.74 bits per heavy atom. The van der Waals surface area contributed by atoms with Gasteiger partial charge in [-0.2, -0.15) is 0 Å². The predicted octanol–water partition coefficient (Wildman–Crippen LogP) is 3.23. The maximum atomic E-state index is 12.9. The van der Waals surface area contributed by atoms with Crippen LogP contribution in [-0.4, -0.2) is 55.6 Å². The lowest BCUT2D eigenvalue weighted by molar-refractivity contribution is -0.127. The molecule has 0 spiro atoms. The Hall–Kier alpha value is -3.59. The number of amides is 3. The molecule has 2 aliphatic rings. The molecule has 1 saturated heterocycles. The monoisotopic (exact) mass is 480 g/mol. The Bertz CT molecular complexity index is 1070. The highest BCUT2D eigenvalue weighted by atomic mass is 16.7. The summed E-state index contributed by atoms with van der Waals surface area (Å²) >= 11 is 0. The lowest BCUT2D eigenvalue weighted by Gasteiger charge is -2.31. The van der Waals surface area contributed by atoms with E-state index in [9.17, 15) is 14.4 Å². The zero-order chi connectivity index (χ0) is 24.6. The number of likely N-dealkylation sites (tertiary alicyclic amines) is 1. The van der Waals surface area contributed by atoms with Gasteiger partial charge >= 0.3 is 0 Å². The molecule has 186 valence electrons. The van der Waals surface area contributed by atoms with Crippen molar-refractivity contribution in [3.63, 3.8) is 0 Å². The van der Waals surface area contributed by atoms with Crippen molar-refractivity contribution in [2.24, 2.45) is 5.92 Å². The second-order valence-electron chi connectivity index (χ2n) is 8.83. The first-order valence-corrected chi connectivity index (χ1v) is 12.1. The SMILES string of the molecule is CCCCNC(=O)C1CCCN(CC(=O)Nc2ccccc2C(=O)Nc2ccc3c(c2)OCO3)C1. The van der Waals surface area contributed by atoms with E-state index >= 15 is 0 Å². The third kappa shape index (κ3) is 6.51. The van der Waals surface area contributed by atoms with Crippen LogP contribution in [0.15, 0.2) is 42.5 Å². The number of carbonyl (C=O) groups excluding carboxylic acids is 3. The minimum atomic E-state index is -0.346. The minimum absolute atomic E-state index is 0.0640. The smallest absolute Gasteiger partial charge is 0.257 e. The normalized spacial score (nSPS) is 17.0. The molecule has 2 aliphatic heterocycles. The van der Waals surface area contributed by atoms with Crippen LogP contribution in [0.4, 0.5) is 11.4 Å². The number of hydrogen-bond donors (Lipinski definition) is 3. The molecule has 3 N–H and O–H groups in total. The fourth-order valence-electron chi connectivity index (χ4n) is 4.30. The van der Waals surface area contributed by atoms with Gasteiger partial charge in [-0.1, -0.05) is 25.5 Å². The Labute approximate surface area is 205 Å². The summed E-state index contributed by atoms with van der Waals surface area (Å²) in [5.74, 6) is 0.599. The quantitative estimate of drug-likeness (QED) is 0.476. The van der Waals surface area contributed by atoms with E-state index in [2.05, 4.69) is 22.9 Å². The van der Waals surface area contributed by atoms with E-state index in [0.29, 0.717) is 41.5 Å². The number of unbranched alkanes of at least 4 members (excludes halogenated alkanes) is 1. The van der Waals surface area contributed by atoms with E-state index < -0.39 is 0 Å².